The van der Waals surface area contributed by atoms with Crippen LogP contribution in [-0.4, -0.2) is 50.5 Å². The molecule has 0 aliphatic heterocycles. The highest BCUT2D eigenvalue weighted by molar-refractivity contribution is 7.92. The number of nitrogens with one attached hydrogen (secondary N) is 1. The predicted molar refractivity (Wildman–Crippen MR) is 171 cm³/mol. The van der Waals surface area contributed by atoms with E-state index in [0.717, 1.165) is 28.5 Å². The molecule has 0 bridgehead atoms. The van der Waals surface area contributed by atoms with Gasteiger partial charge in [-0.25, -0.2) is 8.42 Å². The fourth-order valence-corrected chi connectivity index (χ4v) is 6.00. The van der Waals surface area contributed by atoms with Gasteiger partial charge in [0.1, 0.15) is 6.04 Å². The van der Waals surface area contributed by atoms with Crippen molar-refractivity contribution in [1.29, 1.82) is 0 Å². The van der Waals surface area contributed by atoms with Gasteiger partial charge in [-0.2, -0.15) is 0 Å². The van der Waals surface area contributed by atoms with Gasteiger partial charge in [-0.3, -0.25) is 13.9 Å². The van der Waals surface area contributed by atoms with Crippen molar-refractivity contribution >= 4 is 39.1 Å². The van der Waals surface area contributed by atoms with Crippen molar-refractivity contribution in [3.63, 3.8) is 0 Å². The summed E-state index contributed by atoms with van der Waals surface area (Å²) in [5.41, 5.74) is 4.19. The minimum atomic E-state index is -3.63. The second-order valence-corrected chi connectivity index (χ2v) is 13.6. The zero-order valence-electron chi connectivity index (χ0n) is 25.1. The van der Waals surface area contributed by atoms with E-state index in [-0.39, 0.29) is 43.7 Å². The topological polar surface area (TPSA) is 86.8 Å². The van der Waals surface area contributed by atoms with Crippen LogP contribution in [0.2, 0.25) is 5.02 Å². The van der Waals surface area contributed by atoms with Gasteiger partial charge in [0.25, 0.3) is 0 Å². The molecule has 0 fully saturated rings. The average Bonchev–Trinajstić information content (AvgIpc) is 2.93. The summed E-state index contributed by atoms with van der Waals surface area (Å²) in [6.45, 7) is 8.73. The van der Waals surface area contributed by atoms with E-state index in [4.69, 9.17) is 11.6 Å². The summed E-state index contributed by atoms with van der Waals surface area (Å²) >= 11 is 6.18. The van der Waals surface area contributed by atoms with Crippen LogP contribution in [0, 0.1) is 19.8 Å². The van der Waals surface area contributed by atoms with E-state index in [2.05, 4.69) is 5.32 Å². The molecule has 0 saturated heterocycles. The predicted octanol–water partition coefficient (Wildman–Crippen LogP) is 5.92. The van der Waals surface area contributed by atoms with Crippen molar-refractivity contribution in [3.05, 3.63) is 100 Å². The van der Waals surface area contributed by atoms with Crippen LogP contribution in [0.5, 0.6) is 0 Å². The van der Waals surface area contributed by atoms with Crippen molar-refractivity contribution in [2.45, 2.75) is 59.5 Å². The molecule has 226 valence electrons. The van der Waals surface area contributed by atoms with Crippen molar-refractivity contribution in [2.75, 3.05) is 23.7 Å². The average molecular weight is 612 g/mol. The maximum Gasteiger partial charge on any atom is 0.243 e. The summed E-state index contributed by atoms with van der Waals surface area (Å²) in [4.78, 5) is 29.2. The number of carbonyl (C=O) groups is 2. The highest BCUT2D eigenvalue weighted by atomic mass is 35.5. The van der Waals surface area contributed by atoms with Gasteiger partial charge >= 0.3 is 0 Å². The number of sulfonamides is 1. The lowest BCUT2D eigenvalue weighted by Gasteiger charge is -2.32. The number of anilines is 1. The van der Waals surface area contributed by atoms with Crippen molar-refractivity contribution < 1.29 is 18.0 Å². The van der Waals surface area contributed by atoms with Gasteiger partial charge in [-0.05, 0) is 55.0 Å². The number of halogens is 1. The van der Waals surface area contributed by atoms with Gasteiger partial charge < -0.3 is 10.2 Å². The maximum absolute atomic E-state index is 14.0. The highest BCUT2D eigenvalue weighted by Crippen LogP contribution is 2.27. The molecule has 3 aromatic carbocycles. The summed E-state index contributed by atoms with van der Waals surface area (Å²) < 4.78 is 26.8. The van der Waals surface area contributed by atoms with Crippen molar-refractivity contribution in [3.8, 4) is 0 Å². The fraction of sp³-hybridized carbons (Fsp3) is 0.394. The van der Waals surface area contributed by atoms with Gasteiger partial charge in [-0.1, -0.05) is 91.7 Å². The van der Waals surface area contributed by atoms with Gasteiger partial charge in [0.2, 0.25) is 21.8 Å². The fourth-order valence-electron chi connectivity index (χ4n) is 4.82. The number of benzene rings is 3. The summed E-state index contributed by atoms with van der Waals surface area (Å²) in [6, 6.07) is 21.9. The van der Waals surface area contributed by atoms with Crippen LogP contribution in [-0.2, 0) is 32.6 Å². The number of nitrogens with zero attached hydrogens (tertiary/aromatic N) is 2. The smallest absolute Gasteiger partial charge is 0.243 e. The van der Waals surface area contributed by atoms with Gasteiger partial charge in [-0.15, -0.1) is 0 Å². The molecule has 0 radical (unpaired) electrons. The first-order valence-corrected chi connectivity index (χ1v) is 16.5. The van der Waals surface area contributed by atoms with E-state index in [1.54, 1.807) is 23.1 Å². The van der Waals surface area contributed by atoms with Crippen LogP contribution in [0.3, 0.4) is 0 Å². The Morgan fingerprint density at radius 2 is 1.62 bits per heavy atom. The molecule has 7 nitrogen and oxygen atoms in total. The third-order valence-electron chi connectivity index (χ3n) is 6.98. The molecule has 0 aliphatic carbocycles. The molecule has 0 aliphatic rings. The van der Waals surface area contributed by atoms with Crippen LogP contribution in [0.4, 0.5) is 5.69 Å². The Balaban J connectivity index is 1.90. The standard InChI is InChI=1S/C33H42ClN3O4S/c1-24(2)22-35-33(39)31(20-27-12-7-6-8-13-27)36(23-28-14-9-11-25(3)19-28)32(38)15-10-18-37(42(5,40)41)30-21-29(34)17-16-26(30)4/h6-9,11-14,16-17,19,21,24,31H,10,15,18,20,22-23H2,1-5H3,(H,35,39). The zero-order valence-corrected chi connectivity index (χ0v) is 26.7. The van der Waals surface area contributed by atoms with E-state index in [9.17, 15) is 18.0 Å². The Hall–Kier alpha value is -3.36. The highest BCUT2D eigenvalue weighted by Gasteiger charge is 2.30. The molecule has 1 atom stereocenters. The number of aryl methyl sites for hydroxylation is 2. The number of hydrogen-bond donors (Lipinski definition) is 1. The van der Waals surface area contributed by atoms with E-state index in [1.165, 1.54) is 4.31 Å². The molecular weight excluding hydrogens is 570 g/mol. The molecule has 0 spiro atoms. The summed E-state index contributed by atoms with van der Waals surface area (Å²) in [5, 5.41) is 3.46. The monoisotopic (exact) mass is 611 g/mol. The van der Waals surface area contributed by atoms with E-state index in [1.807, 2.05) is 82.3 Å². The molecule has 0 saturated carbocycles. The summed E-state index contributed by atoms with van der Waals surface area (Å²) in [6.07, 6.45) is 1.85. The number of hydrogen-bond acceptors (Lipinski definition) is 4. The zero-order chi connectivity index (χ0) is 30.9. The normalized spacial score (nSPS) is 12.2. The Kier molecular flexibility index (Phi) is 12.0. The van der Waals surface area contributed by atoms with Crippen molar-refractivity contribution in [2.24, 2.45) is 5.92 Å². The molecule has 42 heavy (non-hydrogen) atoms. The number of rotatable bonds is 14. The number of amides is 2. The molecular formula is C33H42ClN3O4S. The molecule has 1 N–H and O–H groups in total. The molecule has 2 amide bonds. The van der Waals surface area contributed by atoms with E-state index in [0.29, 0.717) is 23.7 Å². The van der Waals surface area contributed by atoms with Gasteiger partial charge in [0.05, 0.1) is 11.9 Å². The lowest BCUT2D eigenvalue weighted by molar-refractivity contribution is -0.141. The van der Waals surface area contributed by atoms with E-state index >= 15 is 0 Å². The van der Waals surface area contributed by atoms with Crippen molar-refractivity contribution in [1.82, 2.24) is 10.2 Å². The minimum absolute atomic E-state index is 0.0696. The second kappa shape index (κ2) is 15.2. The Bertz CT molecular complexity index is 1460. The molecule has 9 heteroatoms. The molecule has 1 unspecified atom stereocenters. The Morgan fingerprint density at radius 1 is 0.929 bits per heavy atom. The van der Waals surface area contributed by atoms with E-state index < -0.39 is 16.1 Å². The van der Waals surface area contributed by atoms with Crippen LogP contribution in [0.15, 0.2) is 72.8 Å². The molecule has 3 rings (SSSR count). The van der Waals surface area contributed by atoms with Crippen LogP contribution >= 0.6 is 11.6 Å². The molecule has 0 heterocycles. The number of carbonyl (C=O) groups excluding carboxylic acids is 2. The minimum Gasteiger partial charge on any atom is -0.354 e. The third kappa shape index (κ3) is 9.88. The summed E-state index contributed by atoms with van der Waals surface area (Å²) in [7, 11) is -3.63. The maximum atomic E-state index is 14.0. The van der Waals surface area contributed by atoms with Gasteiger partial charge in [0, 0.05) is 37.5 Å². The lowest BCUT2D eigenvalue weighted by atomic mass is 10.0. The Morgan fingerprint density at radius 3 is 2.26 bits per heavy atom. The van der Waals surface area contributed by atoms with Gasteiger partial charge in [0.15, 0.2) is 0 Å². The Labute approximate surface area is 255 Å². The first-order chi connectivity index (χ1) is 19.8. The SMILES string of the molecule is Cc1cccc(CN(C(=O)CCCN(c2cc(Cl)ccc2C)S(C)(=O)=O)C(Cc2ccccc2)C(=O)NCC(C)C)c1. The van der Waals surface area contributed by atoms with Crippen LogP contribution in [0.1, 0.15) is 48.9 Å². The first kappa shape index (κ1) is 33.1. The third-order valence-corrected chi connectivity index (χ3v) is 8.40. The van der Waals surface area contributed by atoms with Crippen LogP contribution in [0.25, 0.3) is 0 Å². The molecule has 0 aromatic heterocycles. The largest absolute Gasteiger partial charge is 0.354 e. The summed E-state index contributed by atoms with van der Waals surface area (Å²) in [5.74, 6) is -0.168. The first-order valence-electron chi connectivity index (χ1n) is 14.3. The van der Waals surface area contributed by atoms with Crippen LogP contribution < -0.4 is 9.62 Å². The quantitative estimate of drug-likeness (QED) is 0.245. The lowest BCUT2D eigenvalue weighted by Crippen LogP contribution is -2.51. The second-order valence-electron chi connectivity index (χ2n) is 11.2. The molecule has 3 aromatic rings.